The zero-order valence-electron chi connectivity index (χ0n) is 15.1. The Morgan fingerprint density at radius 3 is 2.54 bits per heavy atom. The van der Waals surface area contributed by atoms with Crippen LogP contribution in [0.4, 0.5) is 0 Å². The predicted octanol–water partition coefficient (Wildman–Crippen LogP) is 5.04. The third-order valence-electron chi connectivity index (χ3n) is 4.58. The van der Waals surface area contributed by atoms with Crippen LogP contribution in [-0.4, -0.2) is 28.4 Å². The van der Waals surface area contributed by atoms with Gasteiger partial charge in [-0.05, 0) is 63.5 Å². The third-order valence-corrected chi connectivity index (χ3v) is 5.48. The van der Waals surface area contributed by atoms with E-state index in [0.717, 1.165) is 36.2 Å². The van der Waals surface area contributed by atoms with Crippen molar-refractivity contribution in [2.45, 2.75) is 52.2 Å². The normalized spacial score (nSPS) is 20.4. The fraction of sp³-hybridized carbons (Fsp3) is 0.474. The number of carbonyl (C=O) groups excluding carboxylic acids is 1. The second-order valence-corrected chi connectivity index (χ2v) is 7.95. The molecule has 0 bridgehead atoms. The van der Waals surface area contributed by atoms with Crippen molar-refractivity contribution < 1.29 is 9.53 Å². The maximum absolute atomic E-state index is 12.7. The lowest BCUT2D eigenvalue weighted by molar-refractivity contribution is -0.116. The Morgan fingerprint density at radius 1 is 1.31 bits per heavy atom. The average molecular weight is 413 g/mol. The van der Waals surface area contributed by atoms with Gasteiger partial charge in [-0.25, -0.2) is 0 Å². The van der Waals surface area contributed by atoms with Crippen molar-refractivity contribution in [2.24, 2.45) is 0 Å². The number of carbonyl (C=O) groups is 1. The second kappa shape index (κ2) is 7.75. The van der Waals surface area contributed by atoms with Gasteiger partial charge in [0.15, 0.2) is 16.6 Å². The van der Waals surface area contributed by atoms with Crippen molar-refractivity contribution in [3.63, 3.8) is 0 Å². The van der Waals surface area contributed by atoms with E-state index < -0.39 is 0 Å². The molecule has 1 aromatic rings. The van der Waals surface area contributed by atoms with Crippen molar-refractivity contribution in [2.75, 3.05) is 6.54 Å². The topological polar surface area (TPSA) is 41.6 Å². The molecule has 140 valence electrons. The van der Waals surface area contributed by atoms with Gasteiger partial charge in [-0.2, -0.15) is 0 Å². The number of rotatable bonds is 4. The third kappa shape index (κ3) is 3.57. The minimum absolute atomic E-state index is 0.0384. The fourth-order valence-electron chi connectivity index (χ4n) is 3.53. The van der Waals surface area contributed by atoms with Crippen molar-refractivity contribution in [3.05, 3.63) is 39.0 Å². The molecule has 0 aromatic heterocycles. The van der Waals surface area contributed by atoms with Gasteiger partial charge in [0.1, 0.15) is 0 Å². The van der Waals surface area contributed by atoms with Crippen LogP contribution in [0.15, 0.2) is 23.4 Å². The Hall–Kier alpha value is -1.30. The van der Waals surface area contributed by atoms with Crippen molar-refractivity contribution in [3.8, 4) is 5.75 Å². The molecule has 1 unspecified atom stereocenters. The summed E-state index contributed by atoms with van der Waals surface area (Å²) in [6.45, 7) is 6.59. The minimum Gasteiger partial charge on any atom is -0.488 e. The molecule has 3 rings (SSSR count). The van der Waals surface area contributed by atoms with Crippen LogP contribution >= 0.6 is 35.4 Å². The van der Waals surface area contributed by atoms with Crippen LogP contribution in [0.3, 0.4) is 0 Å². The molecule has 1 N–H and O–H groups in total. The molecule has 1 aromatic carbocycles. The molecule has 0 fully saturated rings. The summed E-state index contributed by atoms with van der Waals surface area (Å²) in [5.74, 6) is 0.615. The Morgan fingerprint density at radius 2 is 1.96 bits per heavy atom. The first-order valence-electron chi connectivity index (χ1n) is 8.83. The number of ether oxygens (including phenoxy) is 1. The van der Waals surface area contributed by atoms with E-state index in [1.54, 1.807) is 12.1 Å². The van der Waals surface area contributed by atoms with Crippen LogP contribution in [0, 0.1) is 0 Å². The first-order chi connectivity index (χ1) is 12.3. The summed E-state index contributed by atoms with van der Waals surface area (Å²) in [6, 6.07) is 3.27. The van der Waals surface area contributed by atoms with Gasteiger partial charge in [0.2, 0.25) is 0 Å². The van der Waals surface area contributed by atoms with Gasteiger partial charge in [0.25, 0.3) is 0 Å². The lowest BCUT2D eigenvalue weighted by Gasteiger charge is -2.40. The Kier molecular flexibility index (Phi) is 5.80. The number of thiocarbonyl (C=S) groups is 1. The van der Waals surface area contributed by atoms with Crippen LogP contribution in [0.1, 0.15) is 51.6 Å². The molecule has 1 heterocycles. The minimum atomic E-state index is -0.337. The van der Waals surface area contributed by atoms with Crippen molar-refractivity contribution in [1.29, 1.82) is 0 Å². The highest BCUT2D eigenvalue weighted by atomic mass is 35.5. The molecule has 4 nitrogen and oxygen atoms in total. The predicted molar refractivity (Wildman–Crippen MR) is 109 cm³/mol. The molecule has 0 spiro atoms. The van der Waals surface area contributed by atoms with Crippen LogP contribution in [-0.2, 0) is 4.79 Å². The number of hydrogen-bond acceptors (Lipinski definition) is 3. The molecule has 2 aliphatic rings. The zero-order valence-corrected chi connectivity index (χ0v) is 17.4. The molecule has 26 heavy (non-hydrogen) atoms. The van der Waals surface area contributed by atoms with Gasteiger partial charge in [0.05, 0.1) is 22.2 Å². The summed E-state index contributed by atoms with van der Waals surface area (Å²) in [4.78, 5) is 14.7. The van der Waals surface area contributed by atoms with E-state index in [0.29, 0.717) is 27.3 Å². The van der Waals surface area contributed by atoms with E-state index in [2.05, 4.69) is 5.32 Å². The maximum Gasteiger partial charge on any atom is 0.173 e. The molecule has 0 radical (unpaired) electrons. The summed E-state index contributed by atoms with van der Waals surface area (Å²) in [7, 11) is 0. The van der Waals surface area contributed by atoms with Gasteiger partial charge in [-0.15, -0.1) is 0 Å². The van der Waals surface area contributed by atoms with E-state index in [9.17, 15) is 4.79 Å². The summed E-state index contributed by atoms with van der Waals surface area (Å²) in [6.07, 6.45) is 2.22. The van der Waals surface area contributed by atoms with Crippen molar-refractivity contribution in [1.82, 2.24) is 10.2 Å². The smallest absolute Gasteiger partial charge is 0.173 e. The van der Waals surface area contributed by atoms with E-state index in [1.807, 2.05) is 25.7 Å². The van der Waals surface area contributed by atoms with Crippen LogP contribution in [0.25, 0.3) is 0 Å². The van der Waals surface area contributed by atoms with Crippen LogP contribution in [0.2, 0.25) is 10.0 Å². The number of ketones is 1. The maximum atomic E-state index is 12.7. The van der Waals surface area contributed by atoms with Gasteiger partial charge in [0, 0.05) is 24.2 Å². The van der Waals surface area contributed by atoms with Gasteiger partial charge < -0.3 is 15.0 Å². The average Bonchev–Trinajstić information content (AvgIpc) is 2.57. The lowest BCUT2D eigenvalue weighted by atomic mass is 9.85. The highest BCUT2D eigenvalue weighted by molar-refractivity contribution is 7.80. The number of benzene rings is 1. The summed E-state index contributed by atoms with van der Waals surface area (Å²) >= 11 is 18.4. The molecular weight excluding hydrogens is 391 g/mol. The lowest BCUT2D eigenvalue weighted by Crippen LogP contribution is -2.49. The first-order valence-corrected chi connectivity index (χ1v) is 9.99. The Labute approximate surface area is 169 Å². The number of nitrogens with one attached hydrogen (secondary N) is 1. The summed E-state index contributed by atoms with van der Waals surface area (Å²) in [5, 5.41) is 4.78. The van der Waals surface area contributed by atoms with Gasteiger partial charge >= 0.3 is 0 Å². The van der Waals surface area contributed by atoms with E-state index in [-0.39, 0.29) is 17.9 Å². The number of halogens is 2. The quantitative estimate of drug-likeness (QED) is 0.701. The Balaban J connectivity index is 2.08. The molecule has 0 saturated heterocycles. The summed E-state index contributed by atoms with van der Waals surface area (Å²) < 4.78 is 5.70. The molecule has 0 saturated carbocycles. The molecule has 7 heteroatoms. The zero-order chi connectivity index (χ0) is 19.0. The van der Waals surface area contributed by atoms with Crippen LogP contribution in [0.5, 0.6) is 5.75 Å². The summed E-state index contributed by atoms with van der Waals surface area (Å²) in [5.41, 5.74) is 2.61. The van der Waals surface area contributed by atoms with Gasteiger partial charge in [-0.3, -0.25) is 4.79 Å². The molecule has 0 amide bonds. The van der Waals surface area contributed by atoms with Crippen molar-refractivity contribution >= 4 is 46.3 Å². The molecular formula is C19H22Cl2N2O2S. The molecule has 1 aliphatic heterocycles. The second-order valence-electron chi connectivity index (χ2n) is 6.74. The fourth-order valence-corrected chi connectivity index (χ4v) is 4.48. The first kappa shape index (κ1) is 19.5. The number of Topliss-reactive ketones (excluding diaryl/α,β-unsaturated/α-hetero) is 1. The van der Waals surface area contributed by atoms with E-state index in [4.69, 9.17) is 40.2 Å². The monoisotopic (exact) mass is 412 g/mol. The van der Waals surface area contributed by atoms with Gasteiger partial charge in [-0.1, -0.05) is 23.2 Å². The number of hydrogen-bond donors (Lipinski definition) is 1. The Bertz CT molecular complexity index is 769. The van der Waals surface area contributed by atoms with E-state index >= 15 is 0 Å². The number of allylic oxidation sites excluding steroid dienone is 1. The molecule has 1 atom stereocenters. The standard InChI is InChI=1S/C19H22Cl2N2O2S/c1-4-23-14-6-5-7-15(24)16(14)17(22-19(23)26)11-8-12(20)18(13(21)9-11)25-10(2)3/h8-10,17H,4-7H2,1-3H3,(H,22,26). The molecule has 1 aliphatic carbocycles. The van der Waals surface area contributed by atoms with Crippen LogP contribution < -0.4 is 10.1 Å². The number of nitrogens with zero attached hydrogens (tertiary/aromatic N) is 1. The largest absolute Gasteiger partial charge is 0.488 e. The van der Waals surface area contributed by atoms with E-state index in [1.165, 1.54) is 0 Å². The SMILES string of the molecule is CCN1C(=S)NC(c2cc(Cl)c(OC(C)C)c(Cl)c2)C2=C1CCCC2=O. The highest BCUT2D eigenvalue weighted by Crippen LogP contribution is 2.41. The highest BCUT2D eigenvalue weighted by Gasteiger charge is 2.37.